The number of nitrogens with one attached hydrogen (secondary N) is 2. The van der Waals surface area contributed by atoms with E-state index in [1.54, 1.807) is 6.92 Å². The average Bonchev–Trinajstić information content (AvgIpc) is 2.85. The summed E-state index contributed by atoms with van der Waals surface area (Å²) in [7, 11) is 0. The lowest BCUT2D eigenvalue weighted by Crippen LogP contribution is -2.39. The Morgan fingerprint density at radius 1 is 1.00 bits per heavy atom. The van der Waals surface area contributed by atoms with E-state index in [0.717, 1.165) is 30.3 Å². The van der Waals surface area contributed by atoms with Crippen molar-refractivity contribution in [2.45, 2.75) is 63.7 Å². The molecule has 0 saturated heterocycles. The first kappa shape index (κ1) is 28.1. The minimum absolute atomic E-state index is 0.0575. The number of alkyl halides is 3. The number of amidine groups is 1. The van der Waals surface area contributed by atoms with Gasteiger partial charge in [0.05, 0.1) is 18.2 Å². The molecular weight excluding hydrogens is 497 g/mol. The fourth-order valence-electron chi connectivity index (χ4n) is 4.03. The van der Waals surface area contributed by atoms with Gasteiger partial charge < -0.3 is 15.4 Å². The highest BCUT2D eigenvalue weighted by molar-refractivity contribution is 6.06. The first-order valence-electron chi connectivity index (χ1n) is 12.0. The van der Waals surface area contributed by atoms with Crippen LogP contribution < -0.4 is 10.6 Å². The fourth-order valence-corrected chi connectivity index (χ4v) is 4.03. The molecule has 1 aliphatic rings. The van der Waals surface area contributed by atoms with Crippen molar-refractivity contribution in [3.05, 3.63) is 70.8 Å². The molecule has 11 heteroatoms. The molecule has 0 unspecified atom stereocenters. The molecule has 1 fully saturated rings. The zero-order valence-electron chi connectivity index (χ0n) is 20.2. The van der Waals surface area contributed by atoms with Crippen molar-refractivity contribution in [1.29, 1.82) is 0 Å². The second kappa shape index (κ2) is 12.6. The molecule has 1 saturated carbocycles. The predicted molar refractivity (Wildman–Crippen MR) is 127 cm³/mol. The topological polar surface area (TPSA) is 79.8 Å². The highest BCUT2D eigenvalue weighted by Gasteiger charge is 2.30. The van der Waals surface area contributed by atoms with Gasteiger partial charge in [-0.15, -0.1) is 0 Å². The van der Waals surface area contributed by atoms with Crippen LogP contribution in [0.1, 0.15) is 60.5 Å². The van der Waals surface area contributed by atoms with E-state index >= 15 is 0 Å². The van der Waals surface area contributed by atoms with E-state index in [0.29, 0.717) is 37.7 Å². The molecule has 200 valence electrons. The largest absolute Gasteiger partial charge is 0.450 e. The SMILES string of the molecule is CCOC(=O)NC1CCC(N=C(CCc2ccc(C(F)(F)F)cc2)NC(=O)c2ccc(F)c(F)c2)CC1. The Morgan fingerprint density at radius 2 is 1.68 bits per heavy atom. The predicted octanol–water partition coefficient (Wildman–Crippen LogP) is 5.80. The maximum atomic E-state index is 13.6. The Balaban J connectivity index is 1.69. The van der Waals surface area contributed by atoms with Crippen LogP contribution in [-0.2, 0) is 17.3 Å². The van der Waals surface area contributed by atoms with Crippen LogP contribution in [0, 0.1) is 11.6 Å². The van der Waals surface area contributed by atoms with Crippen molar-refractivity contribution < 1.29 is 36.3 Å². The van der Waals surface area contributed by atoms with Crippen LogP contribution in [0.25, 0.3) is 0 Å². The molecule has 6 nitrogen and oxygen atoms in total. The number of aliphatic imine (C=N–C) groups is 1. The Bertz CT molecular complexity index is 1110. The highest BCUT2D eigenvalue weighted by Crippen LogP contribution is 2.29. The molecule has 0 bridgehead atoms. The maximum absolute atomic E-state index is 13.6. The van der Waals surface area contributed by atoms with Crippen molar-refractivity contribution in [3.63, 3.8) is 0 Å². The van der Waals surface area contributed by atoms with Gasteiger partial charge in [0.2, 0.25) is 0 Å². The Labute approximate surface area is 211 Å². The van der Waals surface area contributed by atoms with E-state index in [2.05, 4.69) is 15.6 Å². The quantitative estimate of drug-likeness (QED) is 0.272. The molecule has 37 heavy (non-hydrogen) atoms. The molecule has 2 amide bonds. The van der Waals surface area contributed by atoms with E-state index in [9.17, 15) is 31.5 Å². The standard InChI is InChI=1S/C26H28F5N3O3/c1-2-37-25(36)33-20-11-9-19(10-12-20)32-23(34-24(35)17-6-13-21(27)22(28)15-17)14-5-16-3-7-18(8-4-16)26(29,30)31/h3-4,6-8,13,15,19-20H,2,5,9-12,14H2,1H3,(H,33,36)(H,32,34,35). The van der Waals surface area contributed by atoms with Gasteiger partial charge in [0, 0.05) is 18.0 Å². The smallest absolute Gasteiger partial charge is 0.416 e. The number of aryl methyl sites for hydroxylation is 1. The van der Waals surface area contributed by atoms with E-state index in [-0.39, 0.29) is 36.5 Å². The second-order valence-corrected chi connectivity index (χ2v) is 8.72. The monoisotopic (exact) mass is 525 g/mol. The second-order valence-electron chi connectivity index (χ2n) is 8.72. The van der Waals surface area contributed by atoms with Crippen molar-refractivity contribution in [3.8, 4) is 0 Å². The van der Waals surface area contributed by atoms with E-state index in [4.69, 9.17) is 4.74 Å². The number of alkyl carbamates (subject to hydrolysis) is 1. The van der Waals surface area contributed by atoms with Gasteiger partial charge in [0.1, 0.15) is 5.84 Å². The minimum atomic E-state index is -4.44. The number of hydrogen-bond acceptors (Lipinski definition) is 4. The van der Waals surface area contributed by atoms with Crippen molar-refractivity contribution in [1.82, 2.24) is 10.6 Å². The molecule has 2 aromatic rings. The number of benzene rings is 2. The van der Waals surface area contributed by atoms with Crippen LogP contribution in [0.5, 0.6) is 0 Å². The first-order chi connectivity index (χ1) is 17.5. The van der Waals surface area contributed by atoms with Gasteiger partial charge in [-0.05, 0) is 74.9 Å². The molecule has 1 aliphatic carbocycles. The molecule has 0 aliphatic heterocycles. The summed E-state index contributed by atoms with van der Waals surface area (Å²) < 4.78 is 70.3. The van der Waals surface area contributed by atoms with Gasteiger partial charge in [-0.2, -0.15) is 13.2 Å². The van der Waals surface area contributed by atoms with Gasteiger partial charge in [-0.25, -0.2) is 13.6 Å². The van der Waals surface area contributed by atoms with Crippen molar-refractivity contribution in [2.75, 3.05) is 6.61 Å². The van der Waals surface area contributed by atoms with Gasteiger partial charge in [-0.3, -0.25) is 9.79 Å². The summed E-state index contributed by atoms with van der Waals surface area (Å²) in [6.45, 7) is 1.98. The van der Waals surface area contributed by atoms with Gasteiger partial charge in [0.25, 0.3) is 5.91 Å². The van der Waals surface area contributed by atoms with Gasteiger partial charge >= 0.3 is 12.3 Å². The number of rotatable bonds is 7. The van der Waals surface area contributed by atoms with Crippen LogP contribution >= 0.6 is 0 Å². The number of ether oxygens (including phenoxy) is 1. The van der Waals surface area contributed by atoms with E-state index < -0.39 is 35.4 Å². The summed E-state index contributed by atoms with van der Waals surface area (Å²) in [6, 6.07) is 7.27. The number of halogens is 5. The Kier molecular flexibility index (Phi) is 9.60. The number of nitrogens with zero attached hydrogens (tertiary/aromatic N) is 1. The molecule has 2 aromatic carbocycles. The molecule has 0 spiro atoms. The molecule has 0 atom stereocenters. The number of carbonyl (C=O) groups is 2. The van der Waals surface area contributed by atoms with Gasteiger partial charge in [-0.1, -0.05) is 12.1 Å². The van der Waals surface area contributed by atoms with Crippen LogP contribution in [-0.4, -0.2) is 36.5 Å². The fraction of sp³-hybridized carbons (Fsp3) is 0.423. The first-order valence-corrected chi connectivity index (χ1v) is 12.0. The Hall–Kier alpha value is -3.50. The summed E-state index contributed by atoms with van der Waals surface area (Å²) in [6.07, 6.45) is -1.86. The number of amides is 2. The minimum Gasteiger partial charge on any atom is -0.450 e. The third-order valence-corrected chi connectivity index (χ3v) is 6.00. The zero-order valence-corrected chi connectivity index (χ0v) is 20.2. The van der Waals surface area contributed by atoms with Gasteiger partial charge in [0.15, 0.2) is 11.6 Å². The van der Waals surface area contributed by atoms with Crippen LogP contribution in [0.3, 0.4) is 0 Å². The lowest BCUT2D eigenvalue weighted by molar-refractivity contribution is -0.137. The lowest BCUT2D eigenvalue weighted by Gasteiger charge is -2.27. The maximum Gasteiger partial charge on any atom is 0.416 e. The van der Waals surface area contributed by atoms with E-state index in [1.807, 2.05) is 0 Å². The summed E-state index contributed by atoms with van der Waals surface area (Å²) in [5.74, 6) is -2.64. The molecule has 2 N–H and O–H groups in total. The summed E-state index contributed by atoms with van der Waals surface area (Å²) in [4.78, 5) is 29.0. The van der Waals surface area contributed by atoms with Crippen molar-refractivity contribution in [2.24, 2.45) is 4.99 Å². The molecular formula is C26H28F5N3O3. The number of hydrogen-bond donors (Lipinski definition) is 2. The Morgan fingerprint density at radius 3 is 2.27 bits per heavy atom. The molecule has 3 rings (SSSR count). The summed E-state index contributed by atoms with van der Waals surface area (Å²) in [5.41, 5.74) is -0.237. The summed E-state index contributed by atoms with van der Waals surface area (Å²) >= 11 is 0. The molecule has 0 radical (unpaired) electrons. The highest BCUT2D eigenvalue weighted by atomic mass is 19.4. The van der Waals surface area contributed by atoms with E-state index in [1.165, 1.54) is 12.1 Å². The van der Waals surface area contributed by atoms with Crippen LogP contribution in [0.4, 0.5) is 26.7 Å². The van der Waals surface area contributed by atoms with Crippen molar-refractivity contribution >= 4 is 17.8 Å². The summed E-state index contributed by atoms with van der Waals surface area (Å²) in [5, 5.41) is 5.44. The van der Waals surface area contributed by atoms with Crippen LogP contribution in [0.15, 0.2) is 47.5 Å². The zero-order chi connectivity index (χ0) is 27.0. The van der Waals surface area contributed by atoms with Crippen LogP contribution in [0.2, 0.25) is 0 Å². The molecule has 0 heterocycles. The lowest BCUT2D eigenvalue weighted by atomic mass is 9.91. The number of carbonyl (C=O) groups excluding carboxylic acids is 2. The normalized spacial score (nSPS) is 18.3. The third-order valence-electron chi connectivity index (χ3n) is 6.00. The molecule has 0 aromatic heterocycles. The average molecular weight is 526 g/mol. The third kappa shape index (κ3) is 8.54.